The van der Waals surface area contributed by atoms with Gasteiger partial charge in [0.2, 0.25) is 0 Å². The molecule has 170 valence electrons. The number of benzene rings is 4. The van der Waals surface area contributed by atoms with Crippen molar-refractivity contribution in [2.75, 3.05) is 13.2 Å². The molecule has 5 nitrogen and oxygen atoms in total. The van der Waals surface area contributed by atoms with Crippen molar-refractivity contribution in [3.05, 3.63) is 120 Å². The Hall–Kier alpha value is -4.38. The Morgan fingerprint density at radius 3 is 1.59 bits per heavy atom. The summed E-state index contributed by atoms with van der Waals surface area (Å²) in [6.07, 6.45) is -0.718. The van der Waals surface area contributed by atoms with E-state index in [0.29, 0.717) is 0 Å². The van der Waals surface area contributed by atoms with E-state index in [4.69, 9.17) is 9.84 Å². The molecule has 0 fully saturated rings. The zero-order chi connectivity index (χ0) is 23.8. The Morgan fingerprint density at radius 1 is 0.676 bits per heavy atom. The smallest absolute Gasteiger partial charge is 0.407 e. The lowest BCUT2D eigenvalue weighted by atomic mass is 9.98. The predicted octanol–water partition coefficient (Wildman–Crippen LogP) is 5.96. The number of carbonyl (C=O) groups excluding carboxylic acids is 1. The van der Waals surface area contributed by atoms with Crippen LogP contribution in [-0.4, -0.2) is 30.3 Å². The second-order valence-electron chi connectivity index (χ2n) is 7.80. The molecule has 0 unspecified atom stereocenters. The summed E-state index contributed by atoms with van der Waals surface area (Å²) in [5.41, 5.74) is 7.09. The number of carboxylic acids is 1. The van der Waals surface area contributed by atoms with Crippen LogP contribution < -0.4 is 5.32 Å². The van der Waals surface area contributed by atoms with Crippen LogP contribution in [-0.2, 0) is 9.53 Å². The second kappa shape index (κ2) is 11.0. The van der Waals surface area contributed by atoms with Gasteiger partial charge in [0.1, 0.15) is 13.2 Å². The van der Waals surface area contributed by atoms with E-state index in [9.17, 15) is 9.59 Å². The van der Waals surface area contributed by atoms with Gasteiger partial charge in [-0.2, -0.15) is 0 Å². The first-order valence-corrected chi connectivity index (χ1v) is 11.0. The molecule has 0 heterocycles. The van der Waals surface area contributed by atoms with Crippen LogP contribution in [0.25, 0.3) is 22.3 Å². The van der Waals surface area contributed by atoms with Crippen molar-refractivity contribution in [1.82, 2.24) is 5.32 Å². The van der Waals surface area contributed by atoms with Gasteiger partial charge >= 0.3 is 12.1 Å². The molecular weight excluding hydrogens is 426 g/mol. The maximum atomic E-state index is 11.5. The number of carbonyl (C=O) groups is 2. The molecule has 0 aromatic heterocycles. The average Bonchev–Trinajstić information content (AvgIpc) is 3.21. The van der Waals surface area contributed by atoms with E-state index >= 15 is 0 Å². The fraction of sp³-hybridized carbons (Fsp3) is 0.103. The molecule has 0 bridgehead atoms. The molecule has 0 aliphatic heterocycles. The standard InChI is InChI=1S/C17H15NO4.C12H10/c19-16(20)9-18-17(21)22-10-15-13-7-3-1-5-11(13)12-6-2-4-8-14(12)15;1-3-7-11(8-4-1)12-9-5-2-6-10-12/h1-8,15H,9-10H2,(H,18,21)(H,19,20);1-10H. The van der Waals surface area contributed by atoms with Crippen molar-refractivity contribution < 1.29 is 19.4 Å². The molecule has 5 rings (SSSR count). The normalized spacial score (nSPS) is 11.4. The van der Waals surface area contributed by atoms with Gasteiger partial charge in [0.05, 0.1) is 0 Å². The van der Waals surface area contributed by atoms with E-state index in [2.05, 4.69) is 66.0 Å². The number of ether oxygens (including phenoxy) is 1. The molecule has 1 aliphatic carbocycles. The quantitative estimate of drug-likeness (QED) is 0.392. The summed E-state index contributed by atoms with van der Waals surface area (Å²) in [5.74, 6) is -1.13. The summed E-state index contributed by atoms with van der Waals surface area (Å²) in [5, 5.41) is 10.7. The average molecular weight is 452 g/mol. The molecule has 0 atom stereocenters. The molecule has 34 heavy (non-hydrogen) atoms. The summed E-state index contributed by atoms with van der Waals surface area (Å²) < 4.78 is 5.18. The molecule has 0 saturated heterocycles. The van der Waals surface area contributed by atoms with Crippen LogP contribution in [0.1, 0.15) is 17.0 Å². The van der Waals surface area contributed by atoms with Crippen molar-refractivity contribution in [3.8, 4) is 22.3 Å². The molecule has 4 aromatic rings. The number of fused-ring (bicyclic) bond motifs is 3. The molecule has 0 radical (unpaired) electrons. The van der Waals surface area contributed by atoms with E-state index in [0.717, 1.165) is 22.3 Å². The molecule has 0 spiro atoms. The fourth-order valence-corrected chi connectivity index (χ4v) is 4.06. The van der Waals surface area contributed by atoms with E-state index in [1.165, 1.54) is 11.1 Å². The van der Waals surface area contributed by atoms with Crippen LogP contribution in [0.2, 0.25) is 0 Å². The summed E-state index contributed by atoms with van der Waals surface area (Å²) in [6, 6.07) is 36.8. The van der Waals surface area contributed by atoms with Crippen LogP contribution in [0.4, 0.5) is 4.79 Å². The number of hydrogen-bond acceptors (Lipinski definition) is 3. The number of nitrogens with one attached hydrogen (secondary N) is 1. The molecular formula is C29H25NO4. The highest BCUT2D eigenvalue weighted by Gasteiger charge is 2.28. The zero-order valence-electron chi connectivity index (χ0n) is 18.6. The largest absolute Gasteiger partial charge is 0.480 e. The van der Waals surface area contributed by atoms with Gasteiger partial charge in [-0.15, -0.1) is 0 Å². The Kier molecular flexibility index (Phi) is 7.35. The first-order valence-electron chi connectivity index (χ1n) is 11.0. The minimum atomic E-state index is -1.10. The fourth-order valence-electron chi connectivity index (χ4n) is 4.06. The number of amides is 1. The number of alkyl carbamates (subject to hydrolysis) is 1. The molecule has 2 N–H and O–H groups in total. The minimum Gasteiger partial charge on any atom is -0.480 e. The Balaban J connectivity index is 0.000000192. The summed E-state index contributed by atoms with van der Waals surface area (Å²) in [4.78, 5) is 22.0. The van der Waals surface area contributed by atoms with Gasteiger partial charge in [0, 0.05) is 5.92 Å². The van der Waals surface area contributed by atoms with Crippen molar-refractivity contribution in [2.45, 2.75) is 5.92 Å². The van der Waals surface area contributed by atoms with Crippen molar-refractivity contribution >= 4 is 12.1 Å². The van der Waals surface area contributed by atoms with Gasteiger partial charge < -0.3 is 15.2 Å². The van der Waals surface area contributed by atoms with E-state index in [1.807, 2.05) is 48.5 Å². The SMILES string of the molecule is O=C(O)CNC(=O)OCC1c2ccccc2-c2ccccc21.c1ccc(-c2ccccc2)cc1. The Bertz CT molecular complexity index is 1170. The lowest BCUT2D eigenvalue weighted by Crippen LogP contribution is -2.30. The number of carboxylic acid groups (broad SMARTS) is 1. The Labute approximate surface area is 198 Å². The highest BCUT2D eigenvalue weighted by Crippen LogP contribution is 2.44. The van der Waals surface area contributed by atoms with Gasteiger partial charge in [-0.3, -0.25) is 4.79 Å². The van der Waals surface area contributed by atoms with Crippen LogP contribution in [0, 0.1) is 0 Å². The van der Waals surface area contributed by atoms with Gasteiger partial charge in [0.15, 0.2) is 0 Å². The van der Waals surface area contributed by atoms with E-state index < -0.39 is 18.6 Å². The van der Waals surface area contributed by atoms with Gasteiger partial charge in [-0.05, 0) is 33.4 Å². The molecule has 1 aliphatic rings. The molecule has 1 amide bonds. The lowest BCUT2D eigenvalue weighted by Gasteiger charge is -2.14. The van der Waals surface area contributed by atoms with Gasteiger partial charge in [-0.25, -0.2) is 4.79 Å². The van der Waals surface area contributed by atoms with E-state index in [-0.39, 0.29) is 12.5 Å². The van der Waals surface area contributed by atoms with Crippen LogP contribution in [0.5, 0.6) is 0 Å². The maximum Gasteiger partial charge on any atom is 0.407 e. The highest BCUT2D eigenvalue weighted by atomic mass is 16.5. The number of rotatable bonds is 5. The van der Waals surface area contributed by atoms with Gasteiger partial charge in [0.25, 0.3) is 0 Å². The maximum absolute atomic E-state index is 11.5. The number of aliphatic carboxylic acids is 1. The number of hydrogen-bond donors (Lipinski definition) is 2. The Morgan fingerprint density at radius 2 is 1.12 bits per heavy atom. The van der Waals surface area contributed by atoms with Gasteiger partial charge in [-0.1, -0.05) is 109 Å². The first-order chi connectivity index (χ1) is 16.6. The summed E-state index contributed by atoms with van der Waals surface area (Å²) in [7, 11) is 0. The predicted molar refractivity (Wildman–Crippen MR) is 133 cm³/mol. The van der Waals surface area contributed by atoms with Crippen molar-refractivity contribution in [2.24, 2.45) is 0 Å². The van der Waals surface area contributed by atoms with Crippen molar-refractivity contribution in [3.63, 3.8) is 0 Å². The zero-order valence-corrected chi connectivity index (χ0v) is 18.6. The third kappa shape index (κ3) is 5.51. The summed E-state index contributed by atoms with van der Waals surface area (Å²) in [6.45, 7) is -0.268. The van der Waals surface area contributed by atoms with Crippen LogP contribution >= 0.6 is 0 Å². The van der Waals surface area contributed by atoms with Crippen molar-refractivity contribution in [1.29, 1.82) is 0 Å². The highest BCUT2D eigenvalue weighted by molar-refractivity contribution is 5.79. The monoisotopic (exact) mass is 451 g/mol. The molecule has 4 aromatic carbocycles. The van der Waals surface area contributed by atoms with E-state index in [1.54, 1.807) is 0 Å². The third-order valence-corrected chi connectivity index (χ3v) is 5.61. The second-order valence-corrected chi connectivity index (χ2v) is 7.80. The van der Waals surface area contributed by atoms with Crippen LogP contribution in [0.3, 0.4) is 0 Å². The lowest BCUT2D eigenvalue weighted by molar-refractivity contribution is -0.135. The molecule has 5 heteroatoms. The third-order valence-electron chi connectivity index (χ3n) is 5.61. The minimum absolute atomic E-state index is 0.0250. The summed E-state index contributed by atoms with van der Waals surface area (Å²) >= 11 is 0. The van der Waals surface area contributed by atoms with Crippen LogP contribution in [0.15, 0.2) is 109 Å². The first kappa shape index (κ1) is 22.8. The topological polar surface area (TPSA) is 75.6 Å². The molecule has 0 saturated carbocycles.